The quantitative estimate of drug-likeness (QED) is 0.618. The fourth-order valence-electron chi connectivity index (χ4n) is 0.868. The van der Waals surface area contributed by atoms with Crippen molar-refractivity contribution in [3.8, 4) is 0 Å². The monoisotopic (exact) mass is 164 g/mol. The lowest BCUT2D eigenvalue weighted by Crippen LogP contribution is -2.12. The first-order valence-corrected chi connectivity index (χ1v) is 3.76. The van der Waals surface area contributed by atoms with Crippen LogP contribution in [-0.4, -0.2) is 24.9 Å². The van der Waals surface area contributed by atoms with E-state index in [9.17, 15) is 4.79 Å². The first-order valence-electron chi connectivity index (χ1n) is 3.76. The zero-order valence-corrected chi connectivity index (χ0v) is 7.53. The molecule has 1 rings (SSSR count). The standard InChI is InChI=1S/C9H12N2O/c1-7(12)8-5-4-6-9(10-8)11(2)3/h4-6H,1-3H3. The van der Waals surface area contributed by atoms with Crippen molar-refractivity contribution in [3.05, 3.63) is 23.9 Å². The Labute approximate surface area is 72.0 Å². The molecule has 1 aromatic rings. The molecule has 0 atom stereocenters. The summed E-state index contributed by atoms with van der Waals surface area (Å²) in [6.07, 6.45) is 0. The van der Waals surface area contributed by atoms with Crippen LogP contribution in [0.2, 0.25) is 0 Å². The molecule has 0 N–H and O–H groups in total. The second kappa shape index (κ2) is 3.34. The van der Waals surface area contributed by atoms with Crippen LogP contribution in [-0.2, 0) is 0 Å². The van der Waals surface area contributed by atoms with Gasteiger partial charge in [-0.05, 0) is 12.1 Å². The molecule has 0 spiro atoms. The summed E-state index contributed by atoms with van der Waals surface area (Å²) >= 11 is 0. The molecule has 1 aromatic heterocycles. The number of rotatable bonds is 2. The van der Waals surface area contributed by atoms with E-state index in [4.69, 9.17) is 0 Å². The number of nitrogens with zero attached hydrogens (tertiary/aromatic N) is 2. The predicted octanol–water partition coefficient (Wildman–Crippen LogP) is 1.35. The smallest absolute Gasteiger partial charge is 0.178 e. The maximum absolute atomic E-state index is 10.9. The van der Waals surface area contributed by atoms with E-state index in [0.29, 0.717) is 5.69 Å². The van der Waals surface area contributed by atoms with Crippen LogP contribution < -0.4 is 4.90 Å². The molecule has 0 saturated carbocycles. The van der Waals surface area contributed by atoms with E-state index < -0.39 is 0 Å². The Morgan fingerprint density at radius 3 is 2.58 bits per heavy atom. The molecule has 0 aliphatic heterocycles. The van der Waals surface area contributed by atoms with Gasteiger partial charge in [-0.15, -0.1) is 0 Å². The first-order chi connectivity index (χ1) is 5.61. The lowest BCUT2D eigenvalue weighted by Gasteiger charge is -2.10. The molecule has 0 radical (unpaired) electrons. The summed E-state index contributed by atoms with van der Waals surface area (Å²) < 4.78 is 0. The van der Waals surface area contributed by atoms with Gasteiger partial charge in [0.2, 0.25) is 0 Å². The van der Waals surface area contributed by atoms with Crippen molar-refractivity contribution < 1.29 is 4.79 Å². The lowest BCUT2D eigenvalue weighted by molar-refractivity contribution is 0.101. The Morgan fingerprint density at radius 2 is 2.08 bits per heavy atom. The number of aromatic nitrogens is 1. The fraction of sp³-hybridized carbons (Fsp3) is 0.333. The second-order valence-corrected chi connectivity index (χ2v) is 2.83. The molecule has 12 heavy (non-hydrogen) atoms. The van der Waals surface area contributed by atoms with Crippen molar-refractivity contribution in [2.45, 2.75) is 6.92 Å². The maximum atomic E-state index is 10.9. The van der Waals surface area contributed by atoms with Gasteiger partial charge in [0.25, 0.3) is 0 Å². The van der Waals surface area contributed by atoms with Gasteiger partial charge < -0.3 is 4.90 Å². The summed E-state index contributed by atoms with van der Waals surface area (Å²) in [6, 6.07) is 5.42. The summed E-state index contributed by atoms with van der Waals surface area (Å²) in [5.41, 5.74) is 0.515. The Kier molecular flexibility index (Phi) is 2.43. The van der Waals surface area contributed by atoms with E-state index in [2.05, 4.69) is 4.98 Å². The van der Waals surface area contributed by atoms with Gasteiger partial charge in [0.15, 0.2) is 5.78 Å². The number of carbonyl (C=O) groups is 1. The molecule has 64 valence electrons. The SMILES string of the molecule is CC(=O)c1cccc(N(C)C)n1. The third-order valence-corrected chi connectivity index (χ3v) is 1.55. The van der Waals surface area contributed by atoms with Crippen LogP contribution in [0.5, 0.6) is 0 Å². The molecule has 0 aromatic carbocycles. The Morgan fingerprint density at radius 1 is 1.42 bits per heavy atom. The highest BCUT2D eigenvalue weighted by Crippen LogP contribution is 2.07. The summed E-state index contributed by atoms with van der Waals surface area (Å²) in [4.78, 5) is 17.0. The minimum Gasteiger partial charge on any atom is -0.363 e. The summed E-state index contributed by atoms with van der Waals surface area (Å²) in [5, 5.41) is 0. The largest absolute Gasteiger partial charge is 0.363 e. The molecule has 0 unspecified atom stereocenters. The van der Waals surface area contributed by atoms with E-state index in [1.807, 2.05) is 31.1 Å². The number of hydrogen-bond donors (Lipinski definition) is 0. The topological polar surface area (TPSA) is 33.2 Å². The number of anilines is 1. The minimum absolute atomic E-state index is 0.00120. The van der Waals surface area contributed by atoms with E-state index >= 15 is 0 Å². The van der Waals surface area contributed by atoms with Crippen LogP contribution >= 0.6 is 0 Å². The molecule has 0 bridgehead atoms. The zero-order chi connectivity index (χ0) is 9.14. The van der Waals surface area contributed by atoms with Gasteiger partial charge in [-0.3, -0.25) is 4.79 Å². The third-order valence-electron chi connectivity index (χ3n) is 1.55. The molecule has 0 aliphatic rings. The Bertz CT molecular complexity index is 294. The number of ketones is 1. The minimum atomic E-state index is -0.00120. The van der Waals surface area contributed by atoms with Gasteiger partial charge in [-0.2, -0.15) is 0 Å². The molecule has 1 heterocycles. The van der Waals surface area contributed by atoms with Crippen LogP contribution in [0, 0.1) is 0 Å². The van der Waals surface area contributed by atoms with Gasteiger partial charge in [0.1, 0.15) is 11.5 Å². The maximum Gasteiger partial charge on any atom is 0.178 e. The molecular formula is C9H12N2O. The van der Waals surface area contributed by atoms with Crippen molar-refractivity contribution in [2.24, 2.45) is 0 Å². The Balaban J connectivity index is 3.04. The lowest BCUT2D eigenvalue weighted by atomic mass is 10.3. The zero-order valence-electron chi connectivity index (χ0n) is 7.53. The number of Topliss-reactive ketones (excluding diaryl/α,β-unsaturated/α-hetero) is 1. The van der Waals surface area contributed by atoms with Crippen molar-refractivity contribution in [3.63, 3.8) is 0 Å². The van der Waals surface area contributed by atoms with Crippen molar-refractivity contribution in [1.82, 2.24) is 4.98 Å². The van der Waals surface area contributed by atoms with Crippen LogP contribution in [0.15, 0.2) is 18.2 Å². The summed E-state index contributed by atoms with van der Waals surface area (Å²) in [5.74, 6) is 0.807. The van der Waals surface area contributed by atoms with Crippen LogP contribution in [0.1, 0.15) is 17.4 Å². The second-order valence-electron chi connectivity index (χ2n) is 2.83. The van der Waals surface area contributed by atoms with Crippen LogP contribution in [0.3, 0.4) is 0 Å². The van der Waals surface area contributed by atoms with Gasteiger partial charge in [0.05, 0.1) is 0 Å². The highest BCUT2D eigenvalue weighted by Gasteiger charge is 2.02. The third kappa shape index (κ3) is 1.81. The molecule has 0 saturated heterocycles. The van der Waals surface area contributed by atoms with Gasteiger partial charge in [-0.25, -0.2) is 4.98 Å². The molecule has 0 amide bonds. The molecule has 0 fully saturated rings. The summed E-state index contributed by atoms with van der Waals surface area (Å²) in [6.45, 7) is 1.52. The van der Waals surface area contributed by atoms with E-state index in [1.165, 1.54) is 6.92 Å². The van der Waals surface area contributed by atoms with Gasteiger partial charge in [0, 0.05) is 21.0 Å². The van der Waals surface area contributed by atoms with Gasteiger partial charge >= 0.3 is 0 Å². The molecule has 3 heteroatoms. The highest BCUT2D eigenvalue weighted by atomic mass is 16.1. The number of hydrogen-bond acceptors (Lipinski definition) is 3. The average Bonchev–Trinajstić information content (AvgIpc) is 2.04. The van der Waals surface area contributed by atoms with E-state index in [1.54, 1.807) is 6.07 Å². The highest BCUT2D eigenvalue weighted by molar-refractivity contribution is 5.92. The Hall–Kier alpha value is -1.38. The van der Waals surface area contributed by atoms with Crippen molar-refractivity contribution in [1.29, 1.82) is 0 Å². The molecule has 0 aliphatic carbocycles. The average molecular weight is 164 g/mol. The van der Waals surface area contributed by atoms with Crippen molar-refractivity contribution >= 4 is 11.6 Å². The van der Waals surface area contributed by atoms with Crippen LogP contribution in [0.4, 0.5) is 5.82 Å². The first kappa shape index (κ1) is 8.71. The van der Waals surface area contributed by atoms with E-state index in [0.717, 1.165) is 5.82 Å². The molecule has 3 nitrogen and oxygen atoms in total. The van der Waals surface area contributed by atoms with E-state index in [-0.39, 0.29) is 5.78 Å². The fourth-order valence-corrected chi connectivity index (χ4v) is 0.868. The normalized spacial score (nSPS) is 9.58. The molecular weight excluding hydrogens is 152 g/mol. The van der Waals surface area contributed by atoms with Gasteiger partial charge in [-0.1, -0.05) is 6.07 Å². The number of carbonyl (C=O) groups excluding carboxylic acids is 1. The van der Waals surface area contributed by atoms with Crippen LogP contribution in [0.25, 0.3) is 0 Å². The summed E-state index contributed by atoms with van der Waals surface area (Å²) in [7, 11) is 3.79. The predicted molar refractivity (Wildman–Crippen MR) is 48.6 cm³/mol. The van der Waals surface area contributed by atoms with Crippen molar-refractivity contribution in [2.75, 3.05) is 19.0 Å². The number of pyridine rings is 1.